The smallest absolute Gasteiger partial charge is 0.408 e. The second-order valence-electron chi connectivity index (χ2n) is 9.44. The van der Waals surface area contributed by atoms with Crippen molar-refractivity contribution >= 4 is 42.0 Å². The maximum atomic E-state index is 12.9. The summed E-state index contributed by atoms with van der Waals surface area (Å²) in [4.78, 5) is 82.9. The molecule has 0 spiro atoms. The average Bonchev–Trinajstić information content (AvgIpc) is 2.71. The molecule has 14 heteroatoms. The van der Waals surface area contributed by atoms with Gasteiger partial charge in [0.25, 0.3) is 0 Å². The Bertz CT molecular complexity index is 837. The van der Waals surface area contributed by atoms with Crippen molar-refractivity contribution in [3.63, 3.8) is 0 Å². The molecule has 6 N–H and O–H groups in total. The molecule has 0 rings (SSSR count). The number of hydrogen-bond donors (Lipinski definition) is 6. The molecule has 36 heavy (non-hydrogen) atoms. The molecule has 0 saturated heterocycles. The van der Waals surface area contributed by atoms with E-state index in [1.165, 1.54) is 6.92 Å². The summed E-state index contributed by atoms with van der Waals surface area (Å²) in [6, 6.07) is -5.08. The Hall–Kier alpha value is -3.71. The zero-order valence-electron chi connectivity index (χ0n) is 21.2. The van der Waals surface area contributed by atoms with Crippen LogP contribution in [-0.4, -0.2) is 82.0 Å². The van der Waals surface area contributed by atoms with Crippen molar-refractivity contribution in [3.05, 3.63) is 0 Å². The van der Waals surface area contributed by atoms with Crippen LogP contribution in [-0.2, 0) is 33.5 Å². The largest absolute Gasteiger partial charge is 0.481 e. The first-order valence-corrected chi connectivity index (χ1v) is 11.3. The molecule has 0 heterocycles. The maximum Gasteiger partial charge on any atom is 0.408 e. The second-order valence-corrected chi connectivity index (χ2v) is 9.44. The highest BCUT2D eigenvalue weighted by molar-refractivity contribution is 5.94. The van der Waals surface area contributed by atoms with Crippen LogP contribution in [0.2, 0.25) is 0 Å². The first-order valence-electron chi connectivity index (χ1n) is 11.3. The van der Waals surface area contributed by atoms with Gasteiger partial charge in [-0.1, -0.05) is 13.8 Å². The van der Waals surface area contributed by atoms with Crippen LogP contribution in [0.15, 0.2) is 0 Å². The van der Waals surface area contributed by atoms with Crippen molar-refractivity contribution in [3.8, 4) is 0 Å². The minimum absolute atomic E-state index is 0.250. The Kier molecular flexibility index (Phi) is 13.1. The quantitative estimate of drug-likeness (QED) is 0.163. The van der Waals surface area contributed by atoms with E-state index in [1.54, 1.807) is 34.6 Å². The summed E-state index contributed by atoms with van der Waals surface area (Å²) in [5.74, 6) is -5.59. The van der Waals surface area contributed by atoms with Gasteiger partial charge in [-0.05, 0) is 40.0 Å². The Balaban J connectivity index is 5.47. The molecule has 0 fully saturated rings. The van der Waals surface area contributed by atoms with Crippen molar-refractivity contribution in [2.45, 2.75) is 90.6 Å². The molecule has 0 aromatic heterocycles. The lowest BCUT2D eigenvalue weighted by Gasteiger charge is -2.27. The van der Waals surface area contributed by atoms with Gasteiger partial charge in [0.2, 0.25) is 17.7 Å². The fourth-order valence-corrected chi connectivity index (χ4v) is 2.77. The number of amides is 4. The standard InChI is InChI=1S/C22H36N4O10/c1-11(2)17(20(34)24-13(10-27)9-16(30)31)26-19(33)14(7-8-15(28)29)25-18(32)12(3)23-21(35)36-22(4,5)6/h10-14,17H,7-9H2,1-6H3,(H,23,35)(H,24,34)(H,25,32)(H,26,33)(H,28,29)(H,30,31)/t12-,13+,14+,17+/m0/s1. The summed E-state index contributed by atoms with van der Waals surface area (Å²) in [6.45, 7) is 9.37. The van der Waals surface area contributed by atoms with Crippen LogP contribution in [0.4, 0.5) is 4.79 Å². The van der Waals surface area contributed by atoms with Gasteiger partial charge in [-0.2, -0.15) is 0 Å². The number of carbonyl (C=O) groups excluding carboxylic acids is 5. The highest BCUT2D eigenvalue weighted by Crippen LogP contribution is 2.08. The molecule has 0 unspecified atom stereocenters. The van der Waals surface area contributed by atoms with Crippen LogP contribution < -0.4 is 21.3 Å². The monoisotopic (exact) mass is 516 g/mol. The summed E-state index contributed by atoms with van der Waals surface area (Å²) in [5.41, 5.74) is -0.816. The zero-order chi connectivity index (χ0) is 28.2. The molecule has 14 nitrogen and oxygen atoms in total. The topological polar surface area (TPSA) is 217 Å². The summed E-state index contributed by atoms with van der Waals surface area (Å²) < 4.78 is 5.07. The van der Waals surface area contributed by atoms with Crippen molar-refractivity contribution in [2.75, 3.05) is 0 Å². The van der Waals surface area contributed by atoms with Crippen LogP contribution in [0.3, 0.4) is 0 Å². The fraction of sp³-hybridized carbons (Fsp3) is 0.682. The van der Waals surface area contributed by atoms with Gasteiger partial charge in [-0.15, -0.1) is 0 Å². The summed E-state index contributed by atoms with van der Waals surface area (Å²) >= 11 is 0. The third kappa shape index (κ3) is 13.2. The first kappa shape index (κ1) is 32.3. The van der Waals surface area contributed by atoms with Gasteiger partial charge in [-0.3, -0.25) is 24.0 Å². The van der Waals surface area contributed by atoms with E-state index >= 15 is 0 Å². The number of carbonyl (C=O) groups is 7. The lowest BCUT2D eigenvalue weighted by molar-refractivity contribution is -0.140. The number of aldehydes is 1. The van der Waals surface area contributed by atoms with E-state index in [-0.39, 0.29) is 12.7 Å². The van der Waals surface area contributed by atoms with E-state index in [0.717, 1.165) is 0 Å². The number of aliphatic carboxylic acids is 2. The third-order valence-electron chi connectivity index (χ3n) is 4.54. The van der Waals surface area contributed by atoms with E-state index in [0.29, 0.717) is 0 Å². The lowest BCUT2D eigenvalue weighted by Crippen LogP contribution is -2.58. The molecule has 0 aliphatic heterocycles. The van der Waals surface area contributed by atoms with Gasteiger partial charge in [0.1, 0.15) is 30.0 Å². The molecule has 0 radical (unpaired) electrons. The van der Waals surface area contributed by atoms with E-state index in [9.17, 15) is 33.6 Å². The molecule has 0 aromatic carbocycles. The number of rotatable bonds is 14. The van der Waals surface area contributed by atoms with Gasteiger partial charge in [0, 0.05) is 6.42 Å². The highest BCUT2D eigenvalue weighted by atomic mass is 16.6. The van der Waals surface area contributed by atoms with E-state index < -0.39 is 84.3 Å². The first-order chi connectivity index (χ1) is 16.5. The van der Waals surface area contributed by atoms with Crippen LogP contribution in [0.5, 0.6) is 0 Å². The Labute approximate surface area is 208 Å². The fourth-order valence-electron chi connectivity index (χ4n) is 2.77. The van der Waals surface area contributed by atoms with Crippen LogP contribution in [0, 0.1) is 5.92 Å². The van der Waals surface area contributed by atoms with Crippen LogP contribution >= 0.6 is 0 Å². The SMILES string of the molecule is CC(C)[C@@H](NC(=O)[C@@H](CCC(=O)O)NC(=O)[C@H](C)NC(=O)OC(C)(C)C)C(=O)N[C@@H](C=O)CC(=O)O. The van der Waals surface area contributed by atoms with Crippen LogP contribution in [0.25, 0.3) is 0 Å². The van der Waals surface area contributed by atoms with Crippen molar-refractivity contribution in [2.24, 2.45) is 5.92 Å². The average molecular weight is 517 g/mol. The minimum atomic E-state index is -1.38. The third-order valence-corrected chi connectivity index (χ3v) is 4.54. The van der Waals surface area contributed by atoms with Gasteiger partial charge in [-0.25, -0.2) is 4.79 Å². The van der Waals surface area contributed by atoms with Gasteiger partial charge >= 0.3 is 18.0 Å². The molecule has 4 atom stereocenters. The molecule has 0 aliphatic carbocycles. The van der Waals surface area contributed by atoms with Crippen molar-refractivity contribution < 1.29 is 48.5 Å². The Morgan fingerprint density at radius 2 is 1.42 bits per heavy atom. The van der Waals surface area contributed by atoms with Gasteiger partial charge in [0.15, 0.2) is 0 Å². The van der Waals surface area contributed by atoms with E-state index in [4.69, 9.17) is 14.9 Å². The zero-order valence-corrected chi connectivity index (χ0v) is 21.2. The molecule has 0 aromatic rings. The lowest BCUT2D eigenvalue weighted by atomic mass is 10.0. The number of carboxylic acid groups (broad SMARTS) is 2. The van der Waals surface area contributed by atoms with E-state index in [1.807, 2.05) is 0 Å². The van der Waals surface area contributed by atoms with Gasteiger partial charge < -0.3 is 41.0 Å². The van der Waals surface area contributed by atoms with Crippen molar-refractivity contribution in [1.29, 1.82) is 0 Å². The summed E-state index contributed by atoms with van der Waals surface area (Å²) in [6.07, 6.45) is -2.10. The molecule has 0 saturated carbocycles. The number of nitrogens with one attached hydrogen (secondary N) is 4. The molecule has 204 valence electrons. The molecule has 4 amide bonds. The maximum absolute atomic E-state index is 12.9. The molecule has 0 aliphatic rings. The summed E-state index contributed by atoms with van der Waals surface area (Å²) in [5, 5.41) is 27.1. The predicted octanol–water partition coefficient (Wildman–Crippen LogP) is -0.452. The number of ether oxygens (including phenoxy) is 1. The van der Waals surface area contributed by atoms with Crippen LogP contribution in [0.1, 0.15) is 60.8 Å². The Morgan fingerprint density at radius 1 is 0.833 bits per heavy atom. The van der Waals surface area contributed by atoms with E-state index in [2.05, 4.69) is 21.3 Å². The highest BCUT2D eigenvalue weighted by Gasteiger charge is 2.31. The molecular formula is C22H36N4O10. The minimum Gasteiger partial charge on any atom is -0.481 e. The summed E-state index contributed by atoms with van der Waals surface area (Å²) in [7, 11) is 0. The van der Waals surface area contributed by atoms with Gasteiger partial charge in [0.05, 0.1) is 12.5 Å². The predicted molar refractivity (Wildman–Crippen MR) is 125 cm³/mol. The number of alkyl carbamates (subject to hydrolysis) is 1. The molecular weight excluding hydrogens is 480 g/mol. The Morgan fingerprint density at radius 3 is 1.86 bits per heavy atom. The van der Waals surface area contributed by atoms with Crippen molar-refractivity contribution in [1.82, 2.24) is 21.3 Å². The molecule has 0 bridgehead atoms. The number of carboxylic acids is 2. The normalized spacial score (nSPS) is 14.4. The second kappa shape index (κ2) is 14.6. The number of hydrogen-bond acceptors (Lipinski definition) is 8.